The van der Waals surface area contributed by atoms with Crippen LogP contribution < -0.4 is 16.0 Å². The highest BCUT2D eigenvalue weighted by Crippen LogP contribution is 2.33. The van der Waals surface area contributed by atoms with Crippen molar-refractivity contribution >= 4 is 57.8 Å². The number of hydrogen-bond donors (Lipinski definition) is 3. The molecule has 0 radical (unpaired) electrons. The summed E-state index contributed by atoms with van der Waals surface area (Å²) < 4.78 is 1.78. The summed E-state index contributed by atoms with van der Waals surface area (Å²) in [5, 5.41) is 14.9. The van der Waals surface area contributed by atoms with Gasteiger partial charge in [-0.05, 0) is 103 Å². The van der Waals surface area contributed by atoms with Gasteiger partial charge in [-0.3, -0.25) is 29.4 Å². The minimum absolute atomic E-state index is 0.139. The first-order valence-corrected chi connectivity index (χ1v) is 20.8. The molecule has 0 aliphatic carbocycles. The zero-order valence-corrected chi connectivity index (χ0v) is 33.9. The lowest BCUT2D eigenvalue weighted by atomic mass is 9.93. The Morgan fingerprint density at radius 1 is 0.898 bits per heavy atom. The van der Waals surface area contributed by atoms with Crippen molar-refractivity contribution in [2.45, 2.75) is 77.9 Å². The molecule has 59 heavy (non-hydrogen) atoms. The Balaban J connectivity index is 0.765. The van der Waals surface area contributed by atoms with Gasteiger partial charge in [-0.2, -0.15) is 10.1 Å². The topological polar surface area (TPSA) is 158 Å². The molecule has 9 rings (SSSR count). The van der Waals surface area contributed by atoms with Gasteiger partial charge in [0.1, 0.15) is 6.04 Å². The van der Waals surface area contributed by atoms with Gasteiger partial charge in [0, 0.05) is 82.3 Å². The van der Waals surface area contributed by atoms with Crippen LogP contribution in [0, 0.1) is 19.8 Å². The summed E-state index contributed by atoms with van der Waals surface area (Å²) in [6, 6.07) is 17.7. The van der Waals surface area contributed by atoms with Crippen LogP contribution in [0.5, 0.6) is 0 Å². The fraction of sp³-hybridized carbons (Fsp3) is 0.400. The highest BCUT2D eigenvalue weighted by atomic mass is 16.2. The number of fused-ring (bicyclic) bond motifs is 3. The van der Waals surface area contributed by atoms with Gasteiger partial charge in [-0.15, -0.1) is 0 Å². The van der Waals surface area contributed by atoms with E-state index in [-0.39, 0.29) is 24.1 Å². The molecule has 6 heterocycles. The number of likely N-dealkylation sites (tertiary alicyclic amines) is 1. The van der Waals surface area contributed by atoms with E-state index in [0.29, 0.717) is 43.2 Å². The van der Waals surface area contributed by atoms with Crippen molar-refractivity contribution in [1.82, 2.24) is 39.8 Å². The third-order valence-electron chi connectivity index (χ3n) is 12.6. The second-order valence-corrected chi connectivity index (χ2v) is 16.6. The second-order valence-electron chi connectivity index (χ2n) is 16.6. The number of carbonyl (C=O) groups excluding carboxylic acids is 4. The van der Waals surface area contributed by atoms with E-state index >= 15 is 0 Å². The summed E-state index contributed by atoms with van der Waals surface area (Å²) in [4.78, 5) is 66.5. The third-order valence-corrected chi connectivity index (χ3v) is 12.6. The van der Waals surface area contributed by atoms with E-state index in [1.54, 1.807) is 15.6 Å². The van der Waals surface area contributed by atoms with E-state index < -0.39 is 11.9 Å². The average molecular weight is 795 g/mol. The van der Waals surface area contributed by atoms with Crippen molar-refractivity contribution in [3.8, 4) is 0 Å². The van der Waals surface area contributed by atoms with Crippen molar-refractivity contribution < 1.29 is 19.2 Å². The molecule has 3 aromatic carbocycles. The van der Waals surface area contributed by atoms with E-state index in [9.17, 15) is 19.2 Å². The molecule has 0 saturated carbocycles. The van der Waals surface area contributed by atoms with Gasteiger partial charge in [0.25, 0.3) is 5.91 Å². The summed E-state index contributed by atoms with van der Waals surface area (Å²) in [5.74, 6) is 1.00. The molecule has 304 valence electrons. The number of imide groups is 1. The van der Waals surface area contributed by atoms with E-state index in [1.165, 1.54) is 11.1 Å². The maximum Gasteiger partial charge on any atom is 0.255 e. The standard InChI is InChI=1S/C45H50N10O4/c1-27-6-4-7-28(2)40(27)49-41-35-23-46-45(50-42(35)52(3)51-41)47-33-12-10-30-18-19-53(25-32(30)22-33)24-29-16-20-54(21-17-29)39(57)15-11-31-8-5-9-34-36(31)26-55(44(34)59)37-13-14-38(56)48-43(37)58/h4-10,12,22-23,29,37H,11,13-21,24-26H2,1-3H3,(H,49,51)(H,46,47,50)(H,48,56,58). The lowest BCUT2D eigenvalue weighted by molar-refractivity contribution is -0.137. The maximum atomic E-state index is 13.4. The summed E-state index contributed by atoms with van der Waals surface area (Å²) in [5.41, 5.74) is 10.2. The van der Waals surface area contributed by atoms with Gasteiger partial charge in [-0.25, -0.2) is 9.67 Å². The number of aryl methyl sites for hydroxylation is 4. The molecule has 14 nitrogen and oxygen atoms in total. The van der Waals surface area contributed by atoms with Crippen LogP contribution in [0.25, 0.3) is 11.0 Å². The predicted molar refractivity (Wildman–Crippen MR) is 224 cm³/mol. The molecule has 2 fully saturated rings. The Bertz CT molecular complexity index is 2470. The Morgan fingerprint density at radius 3 is 2.49 bits per heavy atom. The number of anilines is 4. The molecule has 5 aromatic rings. The molecule has 4 amide bonds. The van der Waals surface area contributed by atoms with Crippen molar-refractivity contribution in [3.63, 3.8) is 0 Å². The van der Waals surface area contributed by atoms with Crippen LogP contribution in [0.3, 0.4) is 0 Å². The average Bonchev–Trinajstić information content (AvgIpc) is 3.73. The molecule has 14 heteroatoms. The number of nitrogens with zero attached hydrogens (tertiary/aromatic N) is 7. The Morgan fingerprint density at radius 2 is 1.69 bits per heavy atom. The highest BCUT2D eigenvalue weighted by molar-refractivity contribution is 6.05. The van der Waals surface area contributed by atoms with Crippen LogP contribution in [0.15, 0.2) is 60.8 Å². The van der Waals surface area contributed by atoms with Crippen LogP contribution in [0.2, 0.25) is 0 Å². The van der Waals surface area contributed by atoms with E-state index in [0.717, 1.165) is 102 Å². The fourth-order valence-corrected chi connectivity index (χ4v) is 9.31. The molecule has 3 N–H and O–H groups in total. The largest absolute Gasteiger partial charge is 0.343 e. The third kappa shape index (κ3) is 7.76. The summed E-state index contributed by atoms with van der Waals surface area (Å²) >= 11 is 0. The van der Waals surface area contributed by atoms with Gasteiger partial charge in [0.2, 0.25) is 23.7 Å². The number of nitrogens with one attached hydrogen (secondary N) is 3. The molecular formula is C45H50N10O4. The van der Waals surface area contributed by atoms with Gasteiger partial charge in [0.15, 0.2) is 11.5 Å². The first-order valence-electron chi connectivity index (χ1n) is 20.8. The Kier molecular flexibility index (Phi) is 10.3. The fourth-order valence-electron chi connectivity index (χ4n) is 9.31. The molecule has 1 atom stereocenters. The van der Waals surface area contributed by atoms with Crippen molar-refractivity contribution in [2.24, 2.45) is 13.0 Å². The van der Waals surface area contributed by atoms with Crippen LogP contribution >= 0.6 is 0 Å². The minimum Gasteiger partial charge on any atom is -0.343 e. The van der Waals surface area contributed by atoms with Gasteiger partial charge in [-0.1, -0.05) is 36.4 Å². The summed E-state index contributed by atoms with van der Waals surface area (Å²) in [6.07, 6.45) is 6.24. The van der Waals surface area contributed by atoms with Crippen LogP contribution in [-0.2, 0) is 47.4 Å². The number of para-hydroxylation sites is 1. The zero-order chi connectivity index (χ0) is 40.8. The smallest absolute Gasteiger partial charge is 0.255 e. The quantitative estimate of drug-likeness (QED) is 0.155. The molecule has 4 aliphatic heterocycles. The Hall–Kier alpha value is -6.15. The molecule has 4 aliphatic rings. The minimum atomic E-state index is -0.653. The SMILES string of the molecule is Cc1cccc(C)c1Nc1nn(C)c2nc(Nc3ccc4c(c3)CN(CC3CCN(C(=O)CCc5cccc6c5CN(C5CCC(=O)NC5=O)C6=O)CC3)CC4)ncc12. The van der Waals surface area contributed by atoms with Crippen LogP contribution in [0.4, 0.5) is 23.1 Å². The molecule has 1 unspecified atom stereocenters. The lowest BCUT2D eigenvalue weighted by Gasteiger charge is -2.36. The monoisotopic (exact) mass is 794 g/mol. The number of piperidine rings is 2. The molecule has 0 bridgehead atoms. The van der Waals surface area contributed by atoms with Crippen LogP contribution in [-0.4, -0.2) is 90.3 Å². The number of carbonyl (C=O) groups is 4. The molecule has 2 aromatic heterocycles. The van der Waals surface area contributed by atoms with E-state index in [1.807, 2.05) is 30.3 Å². The molecular weight excluding hydrogens is 745 g/mol. The van der Waals surface area contributed by atoms with Crippen LogP contribution in [0.1, 0.15) is 75.8 Å². The number of benzene rings is 3. The Labute approximate surface area is 343 Å². The highest BCUT2D eigenvalue weighted by Gasteiger charge is 2.40. The number of amides is 4. The summed E-state index contributed by atoms with van der Waals surface area (Å²) in [6.45, 7) is 8.89. The van der Waals surface area contributed by atoms with Crippen molar-refractivity contribution in [1.29, 1.82) is 0 Å². The van der Waals surface area contributed by atoms with E-state index in [2.05, 4.69) is 76.1 Å². The predicted octanol–water partition coefficient (Wildman–Crippen LogP) is 5.46. The first-order chi connectivity index (χ1) is 28.6. The van der Waals surface area contributed by atoms with Crippen molar-refractivity contribution in [2.75, 3.05) is 36.8 Å². The molecule has 0 spiro atoms. The van der Waals surface area contributed by atoms with E-state index in [4.69, 9.17) is 10.1 Å². The van der Waals surface area contributed by atoms with Crippen molar-refractivity contribution in [3.05, 3.63) is 99.7 Å². The lowest BCUT2D eigenvalue weighted by Crippen LogP contribution is -2.52. The first kappa shape index (κ1) is 38.4. The molecule has 2 saturated heterocycles. The van der Waals surface area contributed by atoms with Gasteiger partial charge >= 0.3 is 0 Å². The zero-order valence-electron chi connectivity index (χ0n) is 33.9. The number of hydrogen-bond acceptors (Lipinski definition) is 10. The normalized spacial score (nSPS) is 18.6. The summed E-state index contributed by atoms with van der Waals surface area (Å²) in [7, 11) is 1.90. The second kappa shape index (κ2) is 15.9. The maximum absolute atomic E-state index is 13.4. The van der Waals surface area contributed by atoms with Gasteiger partial charge < -0.3 is 20.4 Å². The number of rotatable bonds is 10. The number of aromatic nitrogens is 4. The van der Waals surface area contributed by atoms with Gasteiger partial charge in [0.05, 0.1) is 5.39 Å².